The molecular formula is C18H21N5O4. The zero-order valence-corrected chi connectivity index (χ0v) is 15.2. The van der Waals surface area contributed by atoms with Crippen LogP contribution in [-0.2, 0) is 9.59 Å². The van der Waals surface area contributed by atoms with Crippen molar-refractivity contribution in [2.24, 2.45) is 4.99 Å². The molecular weight excluding hydrogens is 350 g/mol. The SMILES string of the molecule is CN(C)C1=NC2(CCN(C(=O)c3ccc4c(c3)OCC(=O)N4)CC2)C(=O)N1. The highest BCUT2D eigenvalue weighted by Crippen LogP contribution is 2.32. The molecule has 1 aromatic rings. The topological polar surface area (TPSA) is 103 Å². The van der Waals surface area contributed by atoms with Crippen molar-refractivity contribution in [2.45, 2.75) is 18.4 Å². The van der Waals surface area contributed by atoms with Gasteiger partial charge < -0.3 is 19.9 Å². The van der Waals surface area contributed by atoms with E-state index in [9.17, 15) is 14.4 Å². The zero-order chi connectivity index (χ0) is 19.2. The van der Waals surface area contributed by atoms with E-state index in [-0.39, 0.29) is 24.3 Å². The number of fused-ring (bicyclic) bond motifs is 1. The van der Waals surface area contributed by atoms with Crippen molar-refractivity contribution >= 4 is 29.4 Å². The fourth-order valence-electron chi connectivity index (χ4n) is 3.52. The number of carbonyl (C=O) groups is 3. The van der Waals surface area contributed by atoms with Crippen LogP contribution < -0.4 is 15.4 Å². The Labute approximate surface area is 156 Å². The quantitative estimate of drug-likeness (QED) is 0.726. The molecule has 3 aliphatic heterocycles. The van der Waals surface area contributed by atoms with Crippen molar-refractivity contribution in [1.29, 1.82) is 0 Å². The van der Waals surface area contributed by atoms with Crippen LogP contribution in [0.3, 0.4) is 0 Å². The second-order valence-electron chi connectivity index (χ2n) is 7.16. The molecule has 9 nitrogen and oxygen atoms in total. The highest BCUT2D eigenvalue weighted by Gasteiger charge is 2.46. The number of ether oxygens (including phenoxy) is 1. The molecule has 0 atom stereocenters. The van der Waals surface area contributed by atoms with E-state index in [0.29, 0.717) is 48.9 Å². The molecule has 0 radical (unpaired) electrons. The summed E-state index contributed by atoms with van der Waals surface area (Å²) in [6.07, 6.45) is 0.971. The molecule has 3 amide bonds. The van der Waals surface area contributed by atoms with Gasteiger partial charge in [0.15, 0.2) is 6.61 Å². The van der Waals surface area contributed by atoms with Gasteiger partial charge in [0.2, 0.25) is 5.96 Å². The van der Waals surface area contributed by atoms with Crippen molar-refractivity contribution in [2.75, 3.05) is 39.1 Å². The van der Waals surface area contributed by atoms with E-state index in [4.69, 9.17) is 4.74 Å². The molecule has 1 spiro atoms. The third-order valence-corrected chi connectivity index (χ3v) is 5.13. The number of likely N-dealkylation sites (tertiary alicyclic amines) is 1. The third kappa shape index (κ3) is 2.98. The average molecular weight is 371 g/mol. The number of guanidine groups is 1. The van der Waals surface area contributed by atoms with Crippen LogP contribution in [0.4, 0.5) is 5.69 Å². The van der Waals surface area contributed by atoms with Crippen LogP contribution in [-0.4, -0.2) is 72.8 Å². The smallest absolute Gasteiger partial charge is 0.262 e. The summed E-state index contributed by atoms with van der Waals surface area (Å²) in [5, 5.41) is 5.51. The summed E-state index contributed by atoms with van der Waals surface area (Å²) < 4.78 is 5.38. The first kappa shape index (κ1) is 17.3. The van der Waals surface area contributed by atoms with E-state index in [1.165, 1.54) is 0 Å². The van der Waals surface area contributed by atoms with Crippen molar-refractivity contribution in [3.63, 3.8) is 0 Å². The monoisotopic (exact) mass is 371 g/mol. The second-order valence-corrected chi connectivity index (χ2v) is 7.16. The van der Waals surface area contributed by atoms with Gasteiger partial charge in [-0.05, 0) is 31.0 Å². The van der Waals surface area contributed by atoms with Crippen LogP contribution >= 0.6 is 0 Å². The Hall–Kier alpha value is -3.10. The minimum absolute atomic E-state index is 0.0573. The summed E-state index contributed by atoms with van der Waals surface area (Å²) in [5.41, 5.74) is 0.280. The van der Waals surface area contributed by atoms with Gasteiger partial charge in [0.25, 0.3) is 17.7 Å². The zero-order valence-electron chi connectivity index (χ0n) is 15.2. The number of carbonyl (C=O) groups excluding carboxylic acids is 3. The first-order valence-electron chi connectivity index (χ1n) is 8.83. The Morgan fingerprint density at radius 1 is 1.22 bits per heavy atom. The fraction of sp³-hybridized carbons (Fsp3) is 0.444. The maximum atomic E-state index is 12.8. The Morgan fingerprint density at radius 3 is 2.63 bits per heavy atom. The number of anilines is 1. The van der Waals surface area contributed by atoms with Crippen molar-refractivity contribution in [3.8, 4) is 5.75 Å². The lowest BCUT2D eigenvalue weighted by Crippen LogP contribution is -2.50. The molecule has 0 aromatic heterocycles. The van der Waals surface area contributed by atoms with E-state index >= 15 is 0 Å². The van der Waals surface area contributed by atoms with Gasteiger partial charge in [-0.1, -0.05) is 0 Å². The second kappa shape index (κ2) is 6.26. The lowest BCUT2D eigenvalue weighted by molar-refractivity contribution is -0.125. The number of aliphatic imine (C=N–C) groups is 1. The number of hydrogen-bond donors (Lipinski definition) is 2. The Kier molecular flexibility index (Phi) is 4.01. The Balaban J connectivity index is 1.47. The normalized spacial score (nSPS) is 20.4. The maximum Gasteiger partial charge on any atom is 0.262 e. The lowest BCUT2D eigenvalue weighted by atomic mass is 9.87. The van der Waals surface area contributed by atoms with E-state index in [1.54, 1.807) is 28.0 Å². The van der Waals surface area contributed by atoms with Gasteiger partial charge in [-0.25, -0.2) is 4.99 Å². The first-order chi connectivity index (χ1) is 12.9. The highest BCUT2D eigenvalue weighted by molar-refractivity contribution is 6.07. The molecule has 1 saturated heterocycles. The molecule has 4 rings (SSSR count). The molecule has 3 aliphatic rings. The van der Waals surface area contributed by atoms with Crippen LogP contribution in [0.25, 0.3) is 0 Å². The Bertz CT molecular complexity index is 855. The highest BCUT2D eigenvalue weighted by atomic mass is 16.5. The van der Waals surface area contributed by atoms with E-state index in [1.807, 2.05) is 14.1 Å². The van der Waals surface area contributed by atoms with E-state index in [0.717, 1.165) is 0 Å². The standard InChI is InChI=1S/C18H21N5O4/c1-22(2)17-20-16(26)18(21-17)5-7-23(8-6-18)15(25)11-3-4-12-13(9-11)27-10-14(24)19-12/h3-4,9H,5-8,10H2,1-2H3,(H,19,24)(H,20,21,26). The summed E-state index contributed by atoms with van der Waals surface area (Å²) in [5.74, 6) is 0.618. The maximum absolute atomic E-state index is 12.8. The summed E-state index contributed by atoms with van der Waals surface area (Å²) in [6.45, 7) is 0.842. The predicted molar refractivity (Wildman–Crippen MR) is 97.7 cm³/mol. The van der Waals surface area contributed by atoms with Gasteiger partial charge in [0.1, 0.15) is 11.3 Å². The number of benzene rings is 1. The molecule has 9 heteroatoms. The summed E-state index contributed by atoms with van der Waals surface area (Å²) in [7, 11) is 3.66. The largest absolute Gasteiger partial charge is 0.482 e. The summed E-state index contributed by atoms with van der Waals surface area (Å²) >= 11 is 0. The van der Waals surface area contributed by atoms with Gasteiger partial charge in [-0.15, -0.1) is 0 Å². The van der Waals surface area contributed by atoms with Crippen molar-refractivity contribution < 1.29 is 19.1 Å². The molecule has 0 saturated carbocycles. The summed E-state index contributed by atoms with van der Waals surface area (Å²) in [4.78, 5) is 44.7. The van der Waals surface area contributed by atoms with Gasteiger partial charge in [-0.3, -0.25) is 19.7 Å². The average Bonchev–Trinajstić information content (AvgIpc) is 2.98. The number of nitrogens with zero attached hydrogens (tertiary/aromatic N) is 3. The molecule has 3 heterocycles. The minimum Gasteiger partial charge on any atom is -0.482 e. The molecule has 0 unspecified atom stereocenters. The number of piperidine rings is 1. The van der Waals surface area contributed by atoms with E-state index in [2.05, 4.69) is 15.6 Å². The first-order valence-corrected chi connectivity index (χ1v) is 8.83. The number of nitrogens with one attached hydrogen (secondary N) is 2. The van der Waals surface area contributed by atoms with Gasteiger partial charge in [0.05, 0.1) is 5.69 Å². The predicted octanol–water partition coefficient (Wildman–Crippen LogP) is 0.0397. The molecule has 27 heavy (non-hydrogen) atoms. The van der Waals surface area contributed by atoms with Crippen LogP contribution in [0, 0.1) is 0 Å². The van der Waals surface area contributed by atoms with Crippen LogP contribution in [0.15, 0.2) is 23.2 Å². The number of rotatable bonds is 1. The molecule has 0 bridgehead atoms. The van der Waals surface area contributed by atoms with Crippen molar-refractivity contribution in [3.05, 3.63) is 23.8 Å². The van der Waals surface area contributed by atoms with Gasteiger partial charge in [-0.2, -0.15) is 0 Å². The molecule has 1 fully saturated rings. The van der Waals surface area contributed by atoms with Crippen LogP contribution in [0.5, 0.6) is 5.75 Å². The fourth-order valence-corrected chi connectivity index (χ4v) is 3.52. The molecule has 1 aromatic carbocycles. The molecule has 142 valence electrons. The van der Waals surface area contributed by atoms with Gasteiger partial charge >= 0.3 is 0 Å². The number of amides is 3. The van der Waals surface area contributed by atoms with Crippen LogP contribution in [0.1, 0.15) is 23.2 Å². The van der Waals surface area contributed by atoms with Gasteiger partial charge in [0, 0.05) is 32.7 Å². The molecule has 0 aliphatic carbocycles. The summed E-state index contributed by atoms with van der Waals surface area (Å²) in [6, 6.07) is 4.99. The number of hydrogen-bond acceptors (Lipinski definition) is 6. The van der Waals surface area contributed by atoms with Crippen LogP contribution in [0.2, 0.25) is 0 Å². The Morgan fingerprint density at radius 2 is 1.96 bits per heavy atom. The van der Waals surface area contributed by atoms with Crippen molar-refractivity contribution in [1.82, 2.24) is 15.1 Å². The molecule has 2 N–H and O–H groups in total. The lowest BCUT2D eigenvalue weighted by Gasteiger charge is -2.35. The third-order valence-electron chi connectivity index (χ3n) is 5.13. The minimum atomic E-state index is -0.778. The van der Waals surface area contributed by atoms with E-state index < -0.39 is 5.54 Å².